The first-order chi connectivity index (χ1) is 18.1. The zero-order valence-electron chi connectivity index (χ0n) is 22.5. The fraction of sp³-hybridized carbons (Fsp3) is 0.379. The van der Waals surface area contributed by atoms with Crippen molar-refractivity contribution in [3.05, 3.63) is 65.9 Å². The Morgan fingerprint density at radius 2 is 1.95 bits per heavy atom. The van der Waals surface area contributed by atoms with Crippen molar-refractivity contribution in [3.8, 4) is 5.88 Å². The summed E-state index contributed by atoms with van der Waals surface area (Å²) in [6, 6.07) is 9.84. The largest absolute Gasteiger partial charge is 0.481 e. The number of pyridine rings is 1. The van der Waals surface area contributed by atoms with Gasteiger partial charge in [0, 0.05) is 47.7 Å². The van der Waals surface area contributed by atoms with Gasteiger partial charge in [0.2, 0.25) is 11.8 Å². The maximum absolute atomic E-state index is 12.0. The molecule has 0 unspecified atom stereocenters. The molecule has 0 atom stereocenters. The van der Waals surface area contributed by atoms with Crippen LogP contribution in [-0.4, -0.2) is 44.6 Å². The normalized spacial score (nSPS) is 18.9. The van der Waals surface area contributed by atoms with E-state index in [-0.39, 0.29) is 18.2 Å². The molecule has 0 saturated heterocycles. The molecule has 2 aromatic heterocycles. The lowest BCUT2D eigenvalue weighted by atomic mass is 9.84. The molecule has 0 amide bonds. The van der Waals surface area contributed by atoms with Gasteiger partial charge in [0.05, 0.1) is 12.7 Å². The number of nitrogens with one attached hydrogen (secondary N) is 3. The summed E-state index contributed by atoms with van der Waals surface area (Å²) in [5.41, 5.74) is 3.74. The first-order valence-corrected chi connectivity index (χ1v) is 12.8. The summed E-state index contributed by atoms with van der Waals surface area (Å²) in [5, 5.41) is 20.4. The number of carbonyl (C=O) groups excluding carboxylic acids is 1. The zero-order chi connectivity index (χ0) is 27.3. The number of hydrogen-bond acceptors (Lipinski definition) is 9. The van der Waals surface area contributed by atoms with Crippen LogP contribution in [0.1, 0.15) is 49.3 Å². The van der Waals surface area contributed by atoms with Crippen LogP contribution in [0, 0.1) is 13.8 Å². The van der Waals surface area contributed by atoms with E-state index < -0.39 is 5.60 Å². The van der Waals surface area contributed by atoms with Crippen LogP contribution in [0.3, 0.4) is 0 Å². The summed E-state index contributed by atoms with van der Waals surface area (Å²) in [6.07, 6.45) is 6.57. The number of rotatable bonds is 10. The highest BCUT2D eigenvalue weighted by Gasteiger charge is 2.28. The Hall–Kier alpha value is -3.98. The van der Waals surface area contributed by atoms with Crippen molar-refractivity contribution in [2.24, 2.45) is 0 Å². The molecule has 4 N–H and O–H groups in total. The van der Waals surface area contributed by atoms with Gasteiger partial charge in [-0.25, -0.2) is 4.98 Å². The van der Waals surface area contributed by atoms with Crippen molar-refractivity contribution >= 4 is 34.7 Å². The highest BCUT2D eigenvalue weighted by molar-refractivity contribution is 5.92. The van der Waals surface area contributed by atoms with Crippen molar-refractivity contribution in [1.29, 1.82) is 0 Å². The lowest BCUT2D eigenvalue weighted by Gasteiger charge is -2.33. The Bertz CT molecular complexity index is 1310. The van der Waals surface area contributed by atoms with Crippen LogP contribution >= 0.6 is 0 Å². The number of benzene rings is 1. The van der Waals surface area contributed by atoms with Gasteiger partial charge in [0.1, 0.15) is 11.6 Å². The number of nitrogens with zero attached hydrogens (tertiary/aromatic N) is 3. The molecule has 9 nitrogen and oxygen atoms in total. The topological polar surface area (TPSA) is 121 Å². The Balaban J connectivity index is 1.53. The van der Waals surface area contributed by atoms with Gasteiger partial charge >= 0.3 is 0 Å². The minimum atomic E-state index is -0.595. The van der Waals surface area contributed by atoms with E-state index in [0.717, 1.165) is 53.7 Å². The third kappa shape index (κ3) is 7.07. The number of anilines is 5. The highest BCUT2D eigenvalue weighted by atomic mass is 16.5. The second kappa shape index (κ2) is 11.6. The standard InChI is InChI=1S/C29H36N6O3/c1-6-23(36)14-20-13-18(2)7-8-24(20)33-27-19(3)17-30-28(35-27)32-22-15-25(34-26(16-22)38-5)31-21-9-11-29(4,37)12-10-21/h6-8,13,15-17,21,37H,1,9-12,14H2,2-5H3,(H3,30,31,32,33,34,35). The molecule has 0 spiro atoms. The van der Waals surface area contributed by atoms with Gasteiger partial charge in [0.25, 0.3) is 0 Å². The van der Waals surface area contributed by atoms with Crippen molar-refractivity contribution < 1.29 is 14.6 Å². The van der Waals surface area contributed by atoms with Crippen LogP contribution in [0.5, 0.6) is 5.88 Å². The van der Waals surface area contributed by atoms with Gasteiger partial charge < -0.3 is 25.8 Å². The van der Waals surface area contributed by atoms with Gasteiger partial charge in [0.15, 0.2) is 5.78 Å². The van der Waals surface area contributed by atoms with Crippen LogP contribution in [0.2, 0.25) is 0 Å². The molecule has 2 heterocycles. The van der Waals surface area contributed by atoms with Crippen molar-refractivity contribution in [2.45, 2.75) is 64.5 Å². The quantitative estimate of drug-likeness (QED) is 0.263. The number of allylic oxidation sites excluding steroid dienone is 1. The smallest absolute Gasteiger partial charge is 0.229 e. The fourth-order valence-electron chi connectivity index (χ4n) is 4.49. The number of aryl methyl sites for hydroxylation is 2. The fourth-order valence-corrected chi connectivity index (χ4v) is 4.49. The van der Waals surface area contributed by atoms with Gasteiger partial charge in [-0.3, -0.25) is 4.79 Å². The van der Waals surface area contributed by atoms with Gasteiger partial charge in [-0.2, -0.15) is 9.97 Å². The summed E-state index contributed by atoms with van der Waals surface area (Å²) >= 11 is 0. The molecule has 9 heteroatoms. The second-order valence-electron chi connectivity index (χ2n) is 10.2. The molecule has 1 aliphatic rings. The third-order valence-corrected chi connectivity index (χ3v) is 6.76. The van der Waals surface area contributed by atoms with Crippen molar-refractivity contribution in [3.63, 3.8) is 0 Å². The number of hydrogen-bond donors (Lipinski definition) is 4. The summed E-state index contributed by atoms with van der Waals surface area (Å²) in [6.45, 7) is 9.40. The second-order valence-corrected chi connectivity index (χ2v) is 10.2. The van der Waals surface area contributed by atoms with E-state index >= 15 is 0 Å². The Morgan fingerprint density at radius 1 is 1.18 bits per heavy atom. The molecule has 1 fully saturated rings. The molecule has 0 radical (unpaired) electrons. The van der Waals surface area contributed by atoms with Crippen molar-refractivity contribution in [2.75, 3.05) is 23.1 Å². The number of ketones is 1. The molecule has 200 valence electrons. The van der Waals surface area contributed by atoms with Gasteiger partial charge in [-0.15, -0.1) is 0 Å². The first kappa shape index (κ1) is 27.1. The Labute approximate surface area is 223 Å². The van der Waals surface area contributed by atoms with E-state index in [4.69, 9.17) is 9.72 Å². The molecule has 3 aromatic rings. The van der Waals surface area contributed by atoms with Crippen LogP contribution in [0.25, 0.3) is 0 Å². The average Bonchev–Trinajstić information content (AvgIpc) is 2.88. The Kier molecular flexibility index (Phi) is 8.26. The predicted molar refractivity (Wildman–Crippen MR) is 151 cm³/mol. The van der Waals surface area contributed by atoms with Gasteiger partial charge in [-0.1, -0.05) is 24.3 Å². The van der Waals surface area contributed by atoms with Crippen LogP contribution in [-0.2, 0) is 11.2 Å². The molecule has 4 rings (SSSR count). The number of aliphatic hydroxyl groups is 1. The summed E-state index contributed by atoms with van der Waals surface area (Å²) in [4.78, 5) is 25.7. The SMILES string of the molecule is C=CC(=O)Cc1cc(C)ccc1Nc1nc(Nc2cc(NC3CCC(C)(O)CC3)nc(OC)c2)ncc1C. The van der Waals surface area contributed by atoms with E-state index in [0.29, 0.717) is 23.5 Å². The maximum Gasteiger partial charge on any atom is 0.229 e. The molecule has 0 aliphatic heterocycles. The predicted octanol–water partition coefficient (Wildman–Crippen LogP) is 5.39. The molecule has 38 heavy (non-hydrogen) atoms. The number of ether oxygens (including phenoxy) is 1. The molecular formula is C29H36N6O3. The average molecular weight is 517 g/mol. The number of carbonyl (C=O) groups is 1. The molecule has 0 bridgehead atoms. The molecule has 1 aliphatic carbocycles. The number of aromatic nitrogens is 3. The van der Waals surface area contributed by atoms with Crippen molar-refractivity contribution in [1.82, 2.24) is 15.0 Å². The van der Waals surface area contributed by atoms with E-state index in [9.17, 15) is 9.90 Å². The molecule has 1 saturated carbocycles. The maximum atomic E-state index is 12.0. The molecule has 1 aromatic carbocycles. The summed E-state index contributed by atoms with van der Waals surface area (Å²) in [7, 11) is 1.58. The summed E-state index contributed by atoms with van der Waals surface area (Å²) < 4.78 is 5.42. The zero-order valence-corrected chi connectivity index (χ0v) is 22.5. The van der Waals surface area contributed by atoms with E-state index in [1.54, 1.807) is 19.4 Å². The third-order valence-electron chi connectivity index (χ3n) is 6.76. The van der Waals surface area contributed by atoms with Crippen LogP contribution in [0.4, 0.5) is 29.0 Å². The van der Waals surface area contributed by atoms with E-state index in [1.165, 1.54) is 6.08 Å². The lowest BCUT2D eigenvalue weighted by Crippen LogP contribution is -2.35. The monoisotopic (exact) mass is 516 g/mol. The van der Waals surface area contributed by atoms with Crippen LogP contribution in [0.15, 0.2) is 49.2 Å². The number of methoxy groups -OCH3 is 1. The Morgan fingerprint density at radius 3 is 2.66 bits per heavy atom. The minimum absolute atomic E-state index is 0.0462. The summed E-state index contributed by atoms with van der Waals surface area (Å²) in [5.74, 6) is 2.13. The lowest BCUT2D eigenvalue weighted by molar-refractivity contribution is -0.114. The highest BCUT2D eigenvalue weighted by Crippen LogP contribution is 2.31. The van der Waals surface area contributed by atoms with Crippen LogP contribution < -0.4 is 20.7 Å². The van der Waals surface area contributed by atoms with Gasteiger partial charge in [-0.05, 0) is 64.2 Å². The first-order valence-electron chi connectivity index (χ1n) is 12.8. The van der Waals surface area contributed by atoms with E-state index in [2.05, 4.69) is 32.5 Å². The minimum Gasteiger partial charge on any atom is -0.481 e. The van der Waals surface area contributed by atoms with E-state index in [1.807, 2.05) is 45.0 Å². The molecular weight excluding hydrogens is 480 g/mol.